The standard InChI is InChI=1S/C13H21NO4/c15-12(6-5-10-2-1-7-18-10)14-11(8-13(16)17)9-3-4-9/h9-11H,1-8H2,(H,14,15)(H,16,17). The van der Waals surface area contributed by atoms with Gasteiger partial charge < -0.3 is 15.2 Å². The summed E-state index contributed by atoms with van der Waals surface area (Å²) in [4.78, 5) is 22.5. The normalized spacial score (nSPS) is 24.8. The van der Waals surface area contributed by atoms with Crippen molar-refractivity contribution in [1.82, 2.24) is 5.32 Å². The lowest BCUT2D eigenvalue weighted by molar-refractivity contribution is -0.137. The third-order valence-corrected chi connectivity index (χ3v) is 3.65. The first-order chi connectivity index (χ1) is 8.65. The first kappa shape index (κ1) is 13.3. The molecule has 0 aromatic heterocycles. The Kier molecular flexibility index (Phi) is 4.58. The second kappa shape index (κ2) is 6.18. The highest BCUT2D eigenvalue weighted by atomic mass is 16.5. The van der Waals surface area contributed by atoms with E-state index in [0.717, 1.165) is 38.7 Å². The van der Waals surface area contributed by atoms with Crippen molar-refractivity contribution in [1.29, 1.82) is 0 Å². The molecule has 0 aromatic carbocycles. The minimum absolute atomic E-state index is 0.0380. The predicted octanol–water partition coefficient (Wildman–Crippen LogP) is 1.32. The van der Waals surface area contributed by atoms with Gasteiger partial charge in [-0.2, -0.15) is 0 Å². The fourth-order valence-corrected chi connectivity index (χ4v) is 2.47. The molecule has 2 fully saturated rings. The van der Waals surface area contributed by atoms with Crippen LogP contribution in [0, 0.1) is 5.92 Å². The van der Waals surface area contributed by atoms with E-state index in [1.54, 1.807) is 0 Å². The maximum absolute atomic E-state index is 11.8. The Bertz CT molecular complexity index is 308. The number of aliphatic carboxylic acids is 1. The van der Waals surface area contributed by atoms with Crippen molar-refractivity contribution in [2.45, 2.75) is 57.1 Å². The van der Waals surface area contributed by atoms with Gasteiger partial charge in [0.05, 0.1) is 12.5 Å². The van der Waals surface area contributed by atoms with Crippen LogP contribution in [0.25, 0.3) is 0 Å². The molecule has 2 aliphatic rings. The van der Waals surface area contributed by atoms with Crippen molar-refractivity contribution in [3.05, 3.63) is 0 Å². The van der Waals surface area contributed by atoms with Gasteiger partial charge in [0.2, 0.25) is 5.91 Å². The summed E-state index contributed by atoms with van der Waals surface area (Å²) in [5.41, 5.74) is 0. The molecule has 18 heavy (non-hydrogen) atoms. The molecular formula is C13H21NO4. The minimum Gasteiger partial charge on any atom is -0.481 e. The van der Waals surface area contributed by atoms with E-state index < -0.39 is 5.97 Å². The molecule has 2 unspecified atom stereocenters. The Morgan fingerprint density at radius 2 is 2.11 bits per heavy atom. The van der Waals surface area contributed by atoms with Crippen LogP contribution in [-0.2, 0) is 14.3 Å². The van der Waals surface area contributed by atoms with Crippen LogP contribution in [0.2, 0.25) is 0 Å². The van der Waals surface area contributed by atoms with Crippen LogP contribution in [0.1, 0.15) is 44.9 Å². The smallest absolute Gasteiger partial charge is 0.305 e. The minimum atomic E-state index is -0.841. The first-order valence-electron chi connectivity index (χ1n) is 6.78. The second-order valence-electron chi connectivity index (χ2n) is 5.28. The third kappa shape index (κ3) is 4.29. The van der Waals surface area contributed by atoms with Gasteiger partial charge in [-0.1, -0.05) is 0 Å². The molecule has 5 nitrogen and oxygen atoms in total. The highest BCUT2D eigenvalue weighted by Crippen LogP contribution is 2.34. The predicted molar refractivity (Wildman–Crippen MR) is 65.1 cm³/mol. The average molecular weight is 255 g/mol. The number of carboxylic acid groups (broad SMARTS) is 1. The van der Waals surface area contributed by atoms with Gasteiger partial charge in [0, 0.05) is 19.1 Å². The van der Waals surface area contributed by atoms with E-state index in [9.17, 15) is 9.59 Å². The van der Waals surface area contributed by atoms with E-state index in [2.05, 4.69) is 5.32 Å². The molecule has 0 radical (unpaired) electrons. The number of nitrogens with one attached hydrogen (secondary N) is 1. The molecule has 1 aliphatic heterocycles. The highest BCUT2D eigenvalue weighted by Gasteiger charge is 2.33. The number of carboxylic acids is 1. The van der Waals surface area contributed by atoms with Gasteiger partial charge in [0.25, 0.3) is 0 Å². The zero-order chi connectivity index (χ0) is 13.0. The number of hydrogen-bond acceptors (Lipinski definition) is 3. The quantitative estimate of drug-likeness (QED) is 0.719. The van der Waals surface area contributed by atoms with Gasteiger partial charge >= 0.3 is 5.97 Å². The van der Waals surface area contributed by atoms with Crippen molar-refractivity contribution in [3.8, 4) is 0 Å². The van der Waals surface area contributed by atoms with Crippen molar-refractivity contribution < 1.29 is 19.4 Å². The van der Waals surface area contributed by atoms with E-state index in [1.807, 2.05) is 0 Å². The maximum Gasteiger partial charge on any atom is 0.305 e. The molecule has 1 saturated carbocycles. The molecule has 0 aromatic rings. The summed E-state index contributed by atoms with van der Waals surface area (Å²) >= 11 is 0. The van der Waals surface area contributed by atoms with Gasteiger partial charge in [-0.3, -0.25) is 9.59 Å². The van der Waals surface area contributed by atoms with Crippen molar-refractivity contribution in [3.63, 3.8) is 0 Å². The van der Waals surface area contributed by atoms with Crippen LogP contribution in [0.4, 0.5) is 0 Å². The summed E-state index contributed by atoms with van der Waals surface area (Å²) in [7, 11) is 0. The molecule has 0 spiro atoms. The largest absolute Gasteiger partial charge is 0.481 e. The molecule has 1 heterocycles. The molecule has 2 N–H and O–H groups in total. The van der Waals surface area contributed by atoms with Gasteiger partial charge in [0.1, 0.15) is 0 Å². The molecule has 1 amide bonds. The molecule has 1 saturated heterocycles. The summed E-state index contributed by atoms with van der Waals surface area (Å²) in [6, 6.07) is -0.181. The molecule has 2 rings (SSSR count). The first-order valence-corrected chi connectivity index (χ1v) is 6.78. The van der Waals surface area contributed by atoms with Crippen LogP contribution < -0.4 is 5.32 Å². The van der Waals surface area contributed by atoms with Gasteiger partial charge in [-0.05, 0) is 38.0 Å². The molecule has 2 atom stereocenters. The molecule has 1 aliphatic carbocycles. The molecule has 5 heteroatoms. The number of carbonyl (C=O) groups is 2. The van der Waals surface area contributed by atoms with E-state index in [-0.39, 0.29) is 24.5 Å². The van der Waals surface area contributed by atoms with Crippen LogP contribution in [0.5, 0.6) is 0 Å². The van der Waals surface area contributed by atoms with E-state index in [4.69, 9.17) is 9.84 Å². The lowest BCUT2D eigenvalue weighted by Crippen LogP contribution is -2.38. The number of ether oxygens (including phenoxy) is 1. The third-order valence-electron chi connectivity index (χ3n) is 3.65. The number of carbonyl (C=O) groups excluding carboxylic acids is 1. The Morgan fingerprint density at radius 3 is 2.67 bits per heavy atom. The SMILES string of the molecule is O=C(O)CC(NC(=O)CCC1CCCO1)C1CC1. The summed E-state index contributed by atoms with van der Waals surface area (Å²) in [5, 5.41) is 11.7. The van der Waals surface area contributed by atoms with Crippen LogP contribution >= 0.6 is 0 Å². The summed E-state index contributed by atoms with van der Waals surface area (Å²) in [6.07, 6.45) is 5.62. The Labute approximate surface area is 107 Å². The van der Waals surface area contributed by atoms with Crippen LogP contribution in [0.15, 0.2) is 0 Å². The lowest BCUT2D eigenvalue weighted by Gasteiger charge is -2.17. The summed E-state index contributed by atoms with van der Waals surface area (Å²) < 4.78 is 5.46. The number of hydrogen-bond donors (Lipinski definition) is 2. The van der Waals surface area contributed by atoms with Gasteiger partial charge in [0.15, 0.2) is 0 Å². The van der Waals surface area contributed by atoms with Crippen LogP contribution in [0.3, 0.4) is 0 Å². The van der Waals surface area contributed by atoms with E-state index in [1.165, 1.54) is 0 Å². The Morgan fingerprint density at radius 1 is 1.33 bits per heavy atom. The van der Waals surface area contributed by atoms with E-state index >= 15 is 0 Å². The van der Waals surface area contributed by atoms with Crippen molar-refractivity contribution in [2.75, 3.05) is 6.61 Å². The van der Waals surface area contributed by atoms with Crippen molar-refractivity contribution in [2.24, 2.45) is 5.92 Å². The molecular weight excluding hydrogens is 234 g/mol. The summed E-state index contributed by atoms with van der Waals surface area (Å²) in [6.45, 7) is 0.802. The highest BCUT2D eigenvalue weighted by molar-refractivity contribution is 5.77. The number of amides is 1. The van der Waals surface area contributed by atoms with Gasteiger partial charge in [-0.15, -0.1) is 0 Å². The van der Waals surface area contributed by atoms with E-state index in [0.29, 0.717) is 12.3 Å². The monoisotopic (exact) mass is 255 g/mol. The van der Waals surface area contributed by atoms with Crippen LogP contribution in [-0.4, -0.2) is 35.7 Å². The zero-order valence-electron chi connectivity index (χ0n) is 10.6. The maximum atomic E-state index is 11.8. The lowest BCUT2D eigenvalue weighted by atomic mass is 10.1. The average Bonchev–Trinajstić information content (AvgIpc) is 3.02. The Hall–Kier alpha value is -1.10. The second-order valence-corrected chi connectivity index (χ2v) is 5.28. The fraction of sp³-hybridized carbons (Fsp3) is 0.846. The van der Waals surface area contributed by atoms with Crippen molar-refractivity contribution >= 4 is 11.9 Å². The Balaban J connectivity index is 1.68. The molecule has 0 bridgehead atoms. The number of rotatable bonds is 7. The van der Waals surface area contributed by atoms with Gasteiger partial charge in [-0.25, -0.2) is 0 Å². The zero-order valence-corrected chi connectivity index (χ0v) is 10.6. The topological polar surface area (TPSA) is 75.6 Å². The molecule has 102 valence electrons. The summed E-state index contributed by atoms with van der Waals surface area (Å²) in [5.74, 6) is -0.511. The fourth-order valence-electron chi connectivity index (χ4n) is 2.47.